The van der Waals surface area contributed by atoms with Crippen LogP contribution in [0.5, 0.6) is 0 Å². The normalized spacial score (nSPS) is 11.5. The molecule has 8 heteroatoms. The molecule has 0 fully saturated rings. The number of nitrogens with one attached hydrogen (secondary N) is 4. The lowest BCUT2D eigenvalue weighted by Gasteiger charge is -2.17. The molecule has 2 aromatic heterocycles. The molecule has 2 heterocycles. The number of aromatic nitrogens is 2. The summed E-state index contributed by atoms with van der Waals surface area (Å²) < 4.78 is 0. The molecule has 0 aliphatic rings. The first kappa shape index (κ1) is 19.5. The minimum absolute atomic E-state index is 0.0503. The molecule has 0 saturated heterocycles. The minimum Gasteiger partial charge on any atom is -0.371 e. The van der Waals surface area contributed by atoms with Crippen LogP contribution in [0.4, 0.5) is 17.3 Å². The lowest BCUT2D eigenvalue weighted by atomic mass is 10.1. The summed E-state index contributed by atoms with van der Waals surface area (Å²) in [5, 5.41) is 16.5. The van der Waals surface area contributed by atoms with Gasteiger partial charge in [0.2, 0.25) is 0 Å². The second-order valence-corrected chi connectivity index (χ2v) is 7.53. The molecule has 0 unspecified atom stereocenters. The summed E-state index contributed by atoms with van der Waals surface area (Å²) in [5.74, 6) is 1.04. The molecule has 7 nitrogen and oxygen atoms in total. The van der Waals surface area contributed by atoms with E-state index in [1.165, 1.54) is 11.3 Å². The molecule has 1 aromatic carbocycles. The number of amides is 1. The van der Waals surface area contributed by atoms with Crippen LogP contribution in [0.1, 0.15) is 38.8 Å². The molecule has 0 saturated carbocycles. The van der Waals surface area contributed by atoms with Crippen molar-refractivity contribution >= 4 is 40.8 Å². The molecular weight excluding hydrogens is 372 g/mol. The Kier molecular flexibility index (Phi) is 6.00. The maximum atomic E-state index is 12.4. The van der Waals surface area contributed by atoms with Crippen molar-refractivity contribution < 1.29 is 4.79 Å². The van der Waals surface area contributed by atoms with Gasteiger partial charge < -0.3 is 21.4 Å². The van der Waals surface area contributed by atoms with Crippen LogP contribution in [0.25, 0.3) is 0 Å². The molecule has 0 spiro atoms. The van der Waals surface area contributed by atoms with Gasteiger partial charge in [0.25, 0.3) is 5.91 Å². The maximum absolute atomic E-state index is 12.4. The Labute approximate surface area is 167 Å². The van der Waals surface area contributed by atoms with Gasteiger partial charge in [-0.3, -0.25) is 4.79 Å². The topological polar surface area (TPSA) is 103 Å². The molecular formula is C20H22N6OS. The molecule has 3 rings (SSSR count). The van der Waals surface area contributed by atoms with Crippen molar-refractivity contribution in [1.29, 1.82) is 5.41 Å². The quantitative estimate of drug-likeness (QED) is 0.447. The van der Waals surface area contributed by atoms with E-state index in [0.29, 0.717) is 22.2 Å². The van der Waals surface area contributed by atoms with E-state index in [4.69, 9.17) is 5.41 Å². The Morgan fingerprint density at radius 3 is 2.79 bits per heavy atom. The third-order valence-electron chi connectivity index (χ3n) is 4.15. The first-order valence-corrected chi connectivity index (χ1v) is 9.61. The van der Waals surface area contributed by atoms with E-state index in [1.807, 2.05) is 50.2 Å². The lowest BCUT2D eigenvalue weighted by Crippen LogP contribution is -2.12. The largest absolute Gasteiger partial charge is 0.371 e. The number of benzene rings is 1. The van der Waals surface area contributed by atoms with Gasteiger partial charge in [-0.25, -0.2) is 9.97 Å². The van der Waals surface area contributed by atoms with Crippen molar-refractivity contribution in [2.45, 2.75) is 19.9 Å². The van der Waals surface area contributed by atoms with Crippen LogP contribution in [0.15, 0.2) is 42.6 Å². The fourth-order valence-electron chi connectivity index (χ4n) is 2.70. The van der Waals surface area contributed by atoms with Crippen LogP contribution >= 0.6 is 11.3 Å². The first-order valence-electron chi connectivity index (χ1n) is 8.79. The fourth-order valence-corrected chi connectivity index (χ4v) is 3.46. The molecule has 0 bridgehead atoms. The molecule has 28 heavy (non-hydrogen) atoms. The van der Waals surface area contributed by atoms with Crippen LogP contribution in [0.3, 0.4) is 0 Å². The summed E-state index contributed by atoms with van der Waals surface area (Å²) in [7, 11) is 1.74. The number of aryl methyl sites for hydroxylation is 1. The Morgan fingerprint density at radius 2 is 2.11 bits per heavy atom. The van der Waals surface area contributed by atoms with Gasteiger partial charge in [-0.15, -0.1) is 11.3 Å². The highest BCUT2D eigenvalue weighted by Gasteiger charge is 2.12. The average Bonchev–Trinajstić information content (AvgIpc) is 3.14. The number of hydrogen-bond acceptors (Lipinski definition) is 7. The predicted octanol–water partition coefficient (Wildman–Crippen LogP) is 4.31. The molecule has 144 valence electrons. The van der Waals surface area contributed by atoms with E-state index in [0.717, 1.165) is 22.3 Å². The van der Waals surface area contributed by atoms with Gasteiger partial charge in [0.05, 0.1) is 17.1 Å². The zero-order valence-corrected chi connectivity index (χ0v) is 16.7. The first-order chi connectivity index (χ1) is 13.5. The standard InChI is InChI=1S/C20H22N6OS/c1-12-7-8-17(28-12)20(27)25-15-6-4-5-14(9-15)13(2)24-18-11-23-16(10-21)19(22-3)26-18/h4-11,13,21H,1-3H3,(H,25,27)(H2,22,24,26)/t13-/m0/s1. The van der Waals surface area contributed by atoms with Gasteiger partial charge in [0, 0.05) is 23.8 Å². The number of carbonyl (C=O) groups excluding carboxylic acids is 1. The van der Waals surface area contributed by atoms with Gasteiger partial charge in [0.15, 0.2) is 5.82 Å². The second kappa shape index (κ2) is 8.62. The maximum Gasteiger partial charge on any atom is 0.265 e. The van der Waals surface area contributed by atoms with Crippen LogP contribution < -0.4 is 16.0 Å². The fraction of sp³-hybridized carbons (Fsp3) is 0.200. The van der Waals surface area contributed by atoms with Gasteiger partial charge in [-0.1, -0.05) is 12.1 Å². The van der Waals surface area contributed by atoms with Crippen LogP contribution in [-0.2, 0) is 0 Å². The molecule has 1 atom stereocenters. The van der Waals surface area contributed by atoms with Crippen molar-refractivity contribution in [3.63, 3.8) is 0 Å². The van der Waals surface area contributed by atoms with Crippen molar-refractivity contribution in [2.24, 2.45) is 0 Å². The summed E-state index contributed by atoms with van der Waals surface area (Å²) in [4.78, 5) is 22.8. The number of hydrogen-bond donors (Lipinski definition) is 4. The predicted molar refractivity (Wildman–Crippen MR) is 115 cm³/mol. The van der Waals surface area contributed by atoms with E-state index in [2.05, 4.69) is 25.9 Å². The van der Waals surface area contributed by atoms with E-state index < -0.39 is 0 Å². The van der Waals surface area contributed by atoms with Crippen molar-refractivity contribution in [3.05, 3.63) is 63.6 Å². The highest BCUT2D eigenvalue weighted by atomic mass is 32.1. The summed E-state index contributed by atoms with van der Waals surface area (Å²) in [6, 6.07) is 11.4. The van der Waals surface area contributed by atoms with Crippen LogP contribution in [0, 0.1) is 12.3 Å². The van der Waals surface area contributed by atoms with Gasteiger partial charge in [-0.2, -0.15) is 0 Å². The summed E-state index contributed by atoms with van der Waals surface area (Å²) in [6.45, 7) is 3.99. The summed E-state index contributed by atoms with van der Waals surface area (Å²) in [5.41, 5.74) is 2.22. The van der Waals surface area contributed by atoms with E-state index in [1.54, 1.807) is 13.2 Å². The number of nitrogens with zero attached hydrogens (tertiary/aromatic N) is 2. The Morgan fingerprint density at radius 1 is 1.29 bits per heavy atom. The molecule has 4 N–H and O–H groups in total. The molecule has 0 radical (unpaired) electrons. The van der Waals surface area contributed by atoms with Crippen molar-refractivity contribution in [2.75, 3.05) is 23.0 Å². The average molecular weight is 395 g/mol. The SMILES string of the molecule is CNc1nc(N[C@@H](C)c2cccc(NC(=O)c3ccc(C)s3)c2)cnc1C=N. The molecule has 0 aliphatic carbocycles. The van der Waals surface area contributed by atoms with Crippen molar-refractivity contribution in [1.82, 2.24) is 9.97 Å². The van der Waals surface area contributed by atoms with Crippen LogP contribution in [-0.4, -0.2) is 29.1 Å². The number of carbonyl (C=O) groups is 1. The van der Waals surface area contributed by atoms with Crippen LogP contribution in [0.2, 0.25) is 0 Å². The van der Waals surface area contributed by atoms with E-state index in [-0.39, 0.29) is 11.9 Å². The number of anilines is 3. The minimum atomic E-state index is -0.109. The highest BCUT2D eigenvalue weighted by Crippen LogP contribution is 2.23. The molecule has 3 aromatic rings. The highest BCUT2D eigenvalue weighted by molar-refractivity contribution is 7.14. The smallest absolute Gasteiger partial charge is 0.265 e. The monoisotopic (exact) mass is 394 g/mol. The van der Waals surface area contributed by atoms with Crippen molar-refractivity contribution in [3.8, 4) is 0 Å². The lowest BCUT2D eigenvalue weighted by molar-refractivity contribution is 0.103. The Balaban J connectivity index is 1.72. The zero-order valence-electron chi connectivity index (χ0n) is 15.9. The second-order valence-electron chi connectivity index (χ2n) is 6.24. The van der Waals surface area contributed by atoms with Gasteiger partial charge >= 0.3 is 0 Å². The summed E-state index contributed by atoms with van der Waals surface area (Å²) >= 11 is 1.47. The Hall–Kier alpha value is -3.26. The zero-order chi connectivity index (χ0) is 20.1. The van der Waals surface area contributed by atoms with E-state index in [9.17, 15) is 4.79 Å². The van der Waals surface area contributed by atoms with Gasteiger partial charge in [0.1, 0.15) is 11.5 Å². The molecule has 1 amide bonds. The number of rotatable bonds is 7. The van der Waals surface area contributed by atoms with Gasteiger partial charge in [-0.05, 0) is 43.7 Å². The number of thiophene rings is 1. The summed E-state index contributed by atoms with van der Waals surface area (Å²) in [6.07, 6.45) is 2.76. The Bertz CT molecular complexity index is 1000. The molecule has 0 aliphatic heterocycles. The third kappa shape index (κ3) is 4.52. The third-order valence-corrected chi connectivity index (χ3v) is 5.15. The van der Waals surface area contributed by atoms with E-state index >= 15 is 0 Å².